The van der Waals surface area contributed by atoms with Gasteiger partial charge in [-0.15, -0.1) is 0 Å². The molecule has 3 aromatic carbocycles. The topological polar surface area (TPSA) is 61.4 Å². The highest BCUT2D eigenvalue weighted by molar-refractivity contribution is 5.76. The molecule has 1 saturated carbocycles. The van der Waals surface area contributed by atoms with Crippen LogP contribution in [-0.2, 0) is 12.0 Å². The summed E-state index contributed by atoms with van der Waals surface area (Å²) in [7, 11) is 0. The van der Waals surface area contributed by atoms with E-state index in [1.54, 1.807) is 12.1 Å². The lowest BCUT2D eigenvalue weighted by molar-refractivity contribution is 0.226. The van der Waals surface area contributed by atoms with Crippen LogP contribution >= 0.6 is 0 Å². The van der Waals surface area contributed by atoms with E-state index in [0.29, 0.717) is 6.42 Å². The lowest BCUT2D eigenvalue weighted by Crippen LogP contribution is -2.53. The molecule has 32 heavy (non-hydrogen) atoms. The minimum atomic E-state index is -0.752. The Labute approximate surface area is 190 Å². The van der Waals surface area contributed by atoms with Crippen molar-refractivity contribution in [2.24, 2.45) is 0 Å². The van der Waals surface area contributed by atoms with Crippen molar-refractivity contribution < 1.29 is 9.90 Å². The first kappa shape index (κ1) is 21.9. The number of rotatable bonds is 6. The minimum absolute atomic E-state index is 0.140. The van der Waals surface area contributed by atoms with E-state index in [1.165, 1.54) is 12.8 Å². The Kier molecular flexibility index (Phi) is 6.50. The average molecular weight is 429 g/mol. The first-order chi connectivity index (χ1) is 15.4. The van der Waals surface area contributed by atoms with E-state index in [2.05, 4.69) is 60.9 Å². The quantitative estimate of drug-likeness (QED) is 0.469. The number of benzene rings is 3. The van der Waals surface area contributed by atoms with Crippen molar-refractivity contribution in [1.82, 2.24) is 10.6 Å². The number of amides is 2. The first-order valence-electron chi connectivity index (χ1n) is 11.5. The van der Waals surface area contributed by atoms with Gasteiger partial charge in [0.25, 0.3) is 0 Å². The number of aryl methyl sites for hydroxylation is 2. The standard InChI is InChI=1S/C28H32N2O2/c1-20-7-5-9-23(17-20)28(24-10-6-8-21(2)18-24,19-22-13-15-26(31)16-14-22)30-27(32)29-25-11-3-4-12-25/h5-10,13-18,25,31H,3-4,11-12,19H2,1-2H3,(H2,29,30,32). The van der Waals surface area contributed by atoms with Gasteiger partial charge in [-0.3, -0.25) is 0 Å². The molecule has 1 fully saturated rings. The molecule has 0 unspecified atom stereocenters. The molecule has 0 saturated heterocycles. The summed E-state index contributed by atoms with van der Waals surface area (Å²) in [5.74, 6) is 0.234. The number of aromatic hydroxyl groups is 1. The Bertz CT molecular complexity index is 1020. The minimum Gasteiger partial charge on any atom is -0.508 e. The van der Waals surface area contributed by atoms with Crippen molar-refractivity contribution in [3.63, 3.8) is 0 Å². The second-order valence-electron chi connectivity index (χ2n) is 9.07. The van der Waals surface area contributed by atoms with Gasteiger partial charge in [-0.25, -0.2) is 4.79 Å². The SMILES string of the molecule is Cc1cccc(C(Cc2ccc(O)cc2)(NC(=O)NC2CCCC2)c2cccc(C)c2)c1. The number of hydrogen-bond donors (Lipinski definition) is 3. The molecular weight excluding hydrogens is 396 g/mol. The Morgan fingerprint density at radius 3 is 2.00 bits per heavy atom. The fourth-order valence-electron chi connectivity index (χ4n) is 4.79. The zero-order valence-electron chi connectivity index (χ0n) is 18.9. The molecule has 0 aromatic heterocycles. The summed E-state index contributed by atoms with van der Waals surface area (Å²) in [5, 5.41) is 16.4. The number of urea groups is 1. The molecular formula is C28H32N2O2. The first-order valence-corrected chi connectivity index (χ1v) is 11.5. The van der Waals surface area contributed by atoms with Crippen LogP contribution in [0.2, 0.25) is 0 Å². The number of phenols is 1. The van der Waals surface area contributed by atoms with Gasteiger partial charge in [0.2, 0.25) is 0 Å². The Balaban J connectivity index is 1.81. The van der Waals surface area contributed by atoms with Gasteiger partial charge in [-0.05, 0) is 55.5 Å². The third kappa shape index (κ3) is 4.96. The van der Waals surface area contributed by atoms with Crippen molar-refractivity contribution in [3.05, 3.63) is 101 Å². The van der Waals surface area contributed by atoms with Gasteiger partial charge in [0.1, 0.15) is 5.75 Å². The smallest absolute Gasteiger partial charge is 0.315 e. The maximum absolute atomic E-state index is 13.3. The van der Waals surface area contributed by atoms with Crippen LogP contribution in [0.15, 0.2) is 72.8 Å². The highest BCUT2D eigenvalue weighted by atomic mass is 16.3. The second kappa shape index (κ2) is 9.47. The van der Waals surface area contributed by atoms with Crippen molar-refractivity contribution in [3.8, 4) is 5.75 Å². The monoisotopic (exact) mass is 428 g/mol. The molecule has 0 aliphatic heterocycles. The zero-order valence-corrected chi connectivity index (χ0v) is 18.9. The Hall–Kier alpha value is -3.27. The van der Waals surface area contributed by atoms with Crippen molar-refractivity contribution in [1.29, 1.82) is 0 Å². The maximum Gasteiger partial charge on any atom is 0.315 e. The average Bonchev–Trinajstić information content (AvgIpc) is 3.27. The summed E-state index contributed by atoms with van der Waals surface area (Å²) in [4.78, 5) is 13.3. The highest BCUT2D eigenvalue weighted by Gasteiger charge is 2.37. The molecule has 4 nitrogen and oxygen atoms in total. The van der Waals surface area contributed by atoms with E-state index in [4.69, 9.17) is 0 Å². The summed E-state index contributed by atoms with van der Waals surface area (Å²) in [5.41, 5.74) is 4.64. The van der Waals surface area contributed by atoms with Gasteiger partial charge in [0.15, 0.2) is 0 Å². The lowest BCUT2D eigenvalue weighted by Gasteiger charge is -2.37. The summed E-state index contributed by atoms with van der Waals surface area (Å²) in [6, 6.07) is 24.1. The van der Waals surface area contributed by atoms with E-state index in [9.17, 15) is 9.90 Å². The lowest BCUT2D eigenvalue weighted by atomic mass is 9.77. The summed E-state index contributed by atoms with van der Waals surface area (Å²) >= 11 is 0. The summed E-state index contributed by atoms with van der Waals surface area (Å²) < 4.78 is 0. The van der Waals surface area contributed by atoms with Gasteiger partial charge < -0.3 is 15.7 Å². The number of nitrogens with one attached hydrogen (secondary N) is 2. The van der Waals surface area contributed by atoms with Crippen molar-refractivity contribution >= 4 is 6.03 Å². The number of carbonyl (C=O) groups excluding carboxylic acids is 1. The van der Waals surface area contributed by atoms with E-state index in [0.717, 1.165) is 40.7 Å². The molecule has 0 atom stereocenters. The fourth-order valence-corrected chi connectivity index (χ4v) is 4.79. The van der Waals surface area contributed by atoms with Crippen LogP contribution in [-0.4, -0.2) is 17.2 Å². The van der Waals surface area contributed by atoms with Gasteiger partial charge >= 0.3 is 6.03 Å². The molecule has 2 amide bonds. The van der Waals surface area contributed by atoms with Crippen LogP contribution in [0.25, 0.3) is 0 Å². The Morgan fingerprint density at radius 1 is 0.906 bits per heavy atom. The molecule has 166 valence electrons. The van der Waals surface area contributed by atoms with Gasteiger partial charge in [0, 0.05) is 12.5 Å². The highest BCUT2D eigenvalue weighted by Crippen LogP contribution is 2.35. The third-order valence-electron chi connectivity index (χ3n) is 6.44. The van der Waals surface area contributed by atoms with E-state index >= 15 is 0 Å². The van der Waals surface area contributed by atoms with Gasteiger partial charge in [-0.2, -0.15) is 0 Å². The fraction of sp³-hybridized carbons (Fsp3) is 0.321. The second-order valence-corrected chi connectivity index (χ2v) is 9.07. The molecule has 1 aliphatic rings. The maximum atomic E-state index is 13.3. The van der Waals surface area contributed by atoms with Crippen LogP contribution in [0.5, 0.6) is 5.75 Å². The van der Waals surface area contributed by atoms with E-state index < -0.39 is 5.54 Å². The number of phenolic OH excluding ortho intramolecular Hbond substituents is 1. The van der Waals surface area contributed by atoms with Gasteiger partial charge in [0.05, 0.1) is 5.54 Å². The van der Waals surface area contributed by atoms with Crippen LogP contribution in [0.3, 0.4) is 0 Å². The molecule has 3 aromatic rings. The normalized spacial score (nSPS) is 14.3. The molecule has 0 heterocycles. The van der Waals surface area contributed by atoms with E-state index in [-0.39, 0.29) is 17.8 Å². The van der Waals surface area contributed by atoms with Crippen LogP contribution < -0.4 is 10.6 Å². The molecule has 1 aliphatic carbocycles. The molecule has 4 rings (SSSR count). The molecule has 3 N–H and O–H groups in total. The zero-order chi connectivity index (χ0) is 22.6. The Morgan fingerprint density at radius 2 is 1.47 bits per heavy atom. The largest absolute Gasteiger partial charge is 0.508 e. The molecule has 0 spiro atoms. The van der Waals surface area contributed by atoms with E-state index in [1.807, 2.05) is 24.3 Å². The van der Waals surface area contributed by atoms with Crippen LogP contribution in [0.4, 0.5) is 4.79 Å². The molecule has 4 heteroatoms. The van der Waals surface area contributed by atoms with Crippen molar-refractivity contribution in [2.45, 2.75) is 57.5 Å². The van der Waals surface area contributed by atoms with Gasteiger partial charge in [-0.1, -0.05) is 84.6 Å². The van der Waals surface area contributed by atoms with Crippen LogP contribution in [0, 0.1) is 13.8 Å². The predicted molar refractivity (Wildman–Crippen MR) is 129 cm³/mol. The molecule has 0 radical (unpaired) electrons. The third-order valence-corrected chi connectivity index (χ3v) is 6.44. The number of hydrogen-bond acceptors (Lipinski definition) is 2. The predicted octanol–water partition coefficient (Wildman–Crippen LogP) is 5.74. The summed E-state index contributed by atoms with van der Waals surface area (Å²) in [6.07, 6.45) is 4.97. The molecule has 0 bridgehead atoms. The van der Waals surface area contributed by atoms with Crippen molar-refractivity contribution in [2.75, 3.05) is 0 Å². The summed E-state index contributed by atoms with van der Waals surface area (Å²) in [6.45, 7) is 4.15. The van der Waals surface area contributed by atoms with Crippen LogP contribution in [0.1, 0.15) is 53.5 Å². The number of carbonyl (C=O) groups is 1.